The molecule has 8 rings (SSSR count). The lowest BCUT2D eigenvalue weighted by atomic mass is 10.0. The van der Waals surface area contributed by atoms with E-state index >= 15 is 0 Å². The Hall–Kier alpha value is -3.61. The highest BCUT2D eigenvalue weighted by Gasteiger charge is 2.63. The number of hydrogen-bond acceptors (Lipinski definition) is 13. The van der Waals surface area contributed by atoms with Gasteiger partial charge in [0.1, 0.15) is 57.6 Å². The monoisotopic (exact) mass is 872 g/mol. The summed E-state index contributed by atoms with van der Waals surface area (Å²) in [5, 5.41) is 5.95. The van der Waals surface area contributed by atoms with Crippen molar-refractivity contribution in [3.05, 3.63) is 34.3 Å². The number of halogens is 1. The molecule has 0 spiro atoms. The predicted molar refractivity (Wildman–Crippen MR) is 222 cm³/mol. The second-order valence-electron chi connectivity index (χ2n) is 17.0. The summed E-state index contributed by atoms with van der Waals surface area (Å²) in [6, 6.07) is 3.80. The molecule has 5 heterocycles. The van der Waals surface area contributed by atoms with E-state index in [1.54, 1.807) is 11.0 Å². The minimum atomic E-state index is -3.85. The number of ether oxygens (including phenoxy) is 4. The number of morpholine rings is 2. The van der Waals surface area contributed by atoms with Gasteiger partial charge in [-0.25, -0.2) is 18.4 Å². The zero-order chi connectivity index (χ0) is 41.8. The Morgan fingerprint density at radius 3 is 2.54 bits per heavy atom. The highest BCUT2D eigenvalue weighted by atomic mass is 35.5. The molecule has 2 saturated carbocycles. The van der Waals surface area contributed by atoms with Gasteiger partial charge >= 0.3 is 0 Å². The van der Waals surface area contributed by atoms with Crippen molar-refractivity contribution in [2.75, 3.05) is 46.1 Å². The van der Waals surface area contributed by atoms with Crippen LogP contribution in [0.25, 0.3) is 21.6 Å². The molecule has 5 fully saturated rings. The highest BCUT2D eigenvalue weighted by Crippen LogP contribution is 2.48. The maximum atomic E-state index is 14.4. The molecular formula is C41H53ClN6O9S2. The van der Waals surface area contributed by atoms with Gasteiger partial charge in [-0.3, -0.25) is 24.0 Å². The van der Waals surface area contributed by atoms with Gasteiger partial charge in [0, 0.05) is 42.9 Å². The first-order valence-electron chi connectivity index (χ1n) is 20.7. The minimum absolute atomic E-state index is 0.0929. The van der Waals surface area contributed by atoms with Crippen molar-refractivity contribution in [3.63, 3.8) is 0 Å². The molecule has 0 unspecified atom stereocenters. The molecular weight excluding hydrogens is 820 g/mol. The molecule has 18 heteroatoms. The molecule has 1 aromatic carbocycles. The summed E-state index contributed by atoms with van der Waals surface area (Å²) in [5.74, 6) is -0.923. The number of sulfonamides is 1. The molecule has 320 valence electrons. The standard InChI is InChI=1S/C41H53ClN6O9S2/c1-6-24-19-41(24,40(51)46-59(52,53)25-7-8-25)45-37(49)29-18-33(30-20-56-36(23(4)5)39(50)48(29)30)57-32-17-27(38-44-28(21-58-38)22(2)3)43-35-26(32)9-10-31(34(35)42)55-16-13-47-11-14-54-15-12-47/h9-10,17,21-25,29-30,33,36H,6-8,11-16,18-20H2,1-5H3,(H,45,49)(H,46,51)/t24-,29+,30-,33-,36+,41-/m1/s1. The number of carbonyl (C=O) groups excluding carboxylic acids is 3. The molecule has 3 saturated heterocycles. The maximum Gasteiger partial charge on any atom is 0.259 e. The third-order valence-electron chi connectivity index (χ3n) is 12.2. The summed E-state index contributed by atoms with van der Waals surface area (Å²) in [4.78, 5) is 55.9. The molecule has 3 amide bonds. The van der Waals surface area contributed by atoms with Gasteiger partial charge in [0.05, 0.1) is 42.3 Å². The third-order valence-corrected chi connectivity index (χ3v) is 15.3. The van der Waals surface area contributed by atoms with Crippen LogP contribution in [0.3, 0.4) is 0 Å². The van der Waals surface area contributed by atoms with Crippen LogP contribution < -0.4 is 19.5 Å². The van der Waals surface area contributed by atoms with E-state index in [4.69, 9.17) is 40.5 Å². The molecule has 3 aliphatic heterocycles. The van der Waals surface area contributed by atoms with Gasteiger partial charge in [0.2, 0.25) is 15.9 Å². The van der Waals surface area contributed by atoms with Crippen molar-refractivity contribution < 1.29 is 41.7 Å². The van der Waals surface area contributed by atoms with Gasteiger partial charge in [-0.1, -0.05) is 52.6 Å². The van der Waals surface area contributed by atoms with Gasteiger partial charge in [-0.05, 0) is 49.1 Å². The van der Waals surface area contributed by atoms with E-state index in [1.165, 1.54) is 11.3 Å². The van der Waals surface area contributed by atoms with Gasteiger partial charge in [0.25, 0.3) is 11.8 Å². The van der Waals surface area contributed by atoms with E-state index in [2.05, 4.69) is 28.8 Å². The summed E-state index contributed by atoms with van der Waals surface area (Å²) in [6.45, 7) is 14.1. The molecule has 5 aliphatic rings. The van der Waals surface area contributed by atoms with E-state index in [9.17, 15) is 22.8 Å². The average molecular weight is 873 g/mol. The number of amides is 3. The molecule has 2 aromatic heterocycles. The second-order valence-corrected chi connectivity index (χ2v) is 20.2. The summed E-state index contributed by atoms with van der Waals surface area (Å²) in [5.41, 5.74) is 0.533. The van der Waals surface area contributed by atoms with Crippen LogP contribution in [-0.2, 0) is 33.9 Å². The van der Waals surface area contributed by atoms with Crippen molar-refractivity contribution in [1.29, 1.82) is 0 Å². The number of fused-ring (bicyclic) bond motifs is 2. The Labute approximate surface area is 353 Å². The van der Waals surface area contributed by atoms with Crippen molar-refractivity contribution >= 4 is 61.6 Å². The normalized spacial score (nSPS) is 27.3. The summed E-state index contributed by atoms with van der Waals surface area (Å²) < 4.78 is 52.5. The Balaban J connectivity index is 1.10. The maximum absolute atomic E-state index is 14.4. The molecule has 0 radical (unpaired) electrons. The fourth-order valence-electron chi connectivity index (χ4n) is 8.43. The zero-order valence-electron chi connectivity index (χ0n) is 34.1. The predicted octanol–water partition coefficient (Wildman–Crippen LogP) is 4.51. The first-order chi connectivity index (χ1) is 28.2. The number of pyridine rings is 1. The SMILES string of the molecule is CC[C@@H]1C[C@]1(NC(=O)[C@@H]1C[C@@H](Oc2cc(-c3nc(C(C)C)cs3)nc3c(Cl)c(OCCN4CCOCC4)ccc23)[C@H]2CO[C@@H](C(C)C)C(=O)N21)C(=O)NS(=O)(=O)C1CC1. The highest BCUT2D eigenvalue weighted by molar-refractivity contribution is 7.91. The van der Waals surface area contributed by atoms with Crippen LogP contribution >= 0.6 is 22.9 Å². The van der Waals surface area contributed by atoms with Crippen molar-refractivity contribution in [3.8, 4) is 22.2 Å². The first kappa shape index (κ1) is 42.1. The van der Waals surface area contributed by atoms with Crippen LogP contribution in [0, 0.1) is 11.8 Å². The van der Waals surface area contributed by atoms with Gasteiger partial charge < -0.3 is 29.2 Å². The lowest BCUT2D eigenvalue weighted by molar-refractivity contribution is -0.167. The smallest absolute Gasteiger partial charge is 0.259 e. The van der Waals surface area contributed by atoms with Crippen molar-refractivity contribution in [2.45, 2.75) is 108 Å². The molecule has 6 atom stereocenters. The topological polar surface area (TPSA) is 179 Å². The fourth-order valence-corrected chi connectivity index (χ4v) is 11.0. The number of carbonyl (C=O) groups is 3. The van der Waals surface area contributed by atoms with E-state index in [0.29, 0.717) is 90.2 Å². The third kappa shape index (κ3) is 8.39. The van der Waals surface area contributed by atoms with Crippen LogP contribution in [0.15, 0.2) is 23.6 Å². The second kappa shape index (κ2) is 16.7. The van der Waals surface area contributed by atoms with E-state index in [1.807, 2.05) is 38.3 Å². The van der Waals surface area contributed by atoms with E-state index in [-0.39, 0.29) is 36.7 Å². The number of thiazole rings is 1. The lowest BCUT2D eigenvalue weighted by Gasteiger charge is -2.40. The van der Waals surface area contributed by atoms with Crippen LogP contribution in [0.4, 0.5) is 0 Å². The number of nitrogens with one attached hydrogen (secondary N) is 2. The van der Waals surface area contributed by atoms with Gasteiger partial charge in [-0.2, -0.15) is 0 Å². The molecule has 2 aliphatic carbocycles. The molecule has 3 aromatic rings. The Kier molecular flexibility index (Phi) is 11.9. The largest absolute Gasteiger partial charge is 0.491 e. The molecule has 0 bridgehead atoms. The molecule has 2 N–H and O–H groups in total. The number of benzene rings is 1. The molecule has 15 nitrogen and oxygen atoms in total. The van der Waals surface area contributed by atoms with Crippen LogP contribution in [0.1, 0.15) is 78.3 Å². The van der Waals surface area contributed by atoms with Crippen molar-refractivity contribution in [2.24, 2.45) is 11.8 Å². The van der Waals surface area contributed by atoms with Crippen LogP contribution in [0.5, 0.6) is 11.5 Å². The van der Waals surface area contributed by atoms with E-state index in [0.717, 1.165) is 18.8 Å². The first-order valence-corrected chi connectivity index (χ1v) is 23.5. The molecule has 59 heavy (non-hydrogen) atoms. The summed E-state index contributed by atoms with van der Waals surface area (Å²) in [6.07, 6.45) is 0.439. The average Bonchev–Trinajstić information content (AvgIpc) is 4.10. The number of hydrogen-bond donors (Lipinski definition) is 2. The van der Waals surface area contributed by atoms with Crippen LogP contribution in [0.2, 0.25) is 5.02 Å². The fraction of sp³-hybridized carbons (Fsp3) is 0.634. The Bertz CT molecular complexity index is 2210. The van der Waals surface area contributed by atoms with Gasteiger partial charge in [0.15, 0.2) is 0 Å². The summed E-state index contributed by atoms with van der Waals surface area (Å²) in [7, 11) is -3.85. The number of aromatic nitrogens is 2. The number of nitrogens with zero attached hydrogens (tertiary/aromatic N) is 4. The minimum Gasteiger partial charge on any atom is -0.491 e. The summed E-state index contributed by atoms with van der Waals surface area (Å²) >= 11 is 8.56. The van der Waals surface area contributed by atoms with Crippen molar-refractivity contribution in [1.82, 2.24) is 29.8 Å². The lowest BCUT2D eigenvalue weighted by Crippen LogP contribution is -2.61. The van der Waals surface area contributed by atoms with Crippen LogP contribution in [-0.4, -0.2) is 127 Å². The van der Waals surface area contributed by atoms with Gasteiger partial charge in [-0.15, -0.1) is 11.3 Å². The zero-order valence-corrected chi connectivity index (χ0v) is 36.5. The van der Waals surface area contributed by atoms with E-state index < -0.39 is 56.9 Å². The number of rotatable bonds is 15. The quantitative estimate of drug-likeness (QED) is 0.219. The Morgan fingerprint density at radius 2 is 1.88 bits per heavy atom. The Morgan fingerprint density at radius 1 is 1.12 bits per heavy atom.